The van der Waals surface area contributed by atoms with Crippen LogP contribution in [0.15, 0.2) is 42.5 Å². The number of aromatic nitrogens is 1. The average molecular weight is 338 g/mol. The minimum atomic E-state index is -0.375. The van der Waals surface area contributed by atoms with Gasteiger partial charge in [-0.3, -0.25) is 19.8 Å². The first kappa shape index (κ1) is 16.6. The molecule has 7 heteroatoms. The highest BCUT2D eigenvalue weighted by molar-refractivity contribution is 6.21. The molecule has 0 fully saturated rings. The lowest BCUT2D eigenvalue weighted by atomic mass is 10.1. The van der Waals surface area contributed by atoms with Crippen molar-refractivity contribution in [2.24, 2.45) is 0 Å². The Morgan fingerprint density at radius 2 is 1.72 bits per heavy atom. The number of hydrogen-bond donors (Lipinski definition) is 2. The Kier molecular flexibility index (Phi) is 4.74. The first-order valence-corrected chi connectivity index (χ1v) is 8.00. The van der Waals surface area contributed by atoms with Gasteiger partial charge in [0.25, 0.3) is 11.8 Å². The number of carbonyl (C=O) groups is 3. The van der Waals surface area contributed by atoms with Crippen LogP contribution < -0.4 is 10.6 Å². The van der Waals surface area contributed by atoms with Crippen molar-refractivity contribution < 1.29 is 14.4 Å². The molecule has 0 bridgehead atoms. The van der Waals surface area contributed by atoms with Crippen molar-refractivity contribution in [2.75, 3.05) is 18.4 Å². The molecule has 1 aromatic heterocycles. The first-order valence-electron chi connectivity index (χ1n) is 8.00. The second-order valence-corrected chi connectivity index (χ2v) is 5.71. The number of urea groups is 1. The molecule has 1 aromatic carbocycles. The number of pyridine rings is 1. The number of benzene rings is 1. The van der Waals surface area contributed by atoms with Crippen molar-refractivity contribution in [3.63, 3.8) is 0 Å². The maximum Gasteiger partial charge on any atom is 0.320 e. The Hall–Kier alpha value is -3.22. The second-order valence-electron chi connectivity index (χ2n) is 5.71. The number of nitrogens with zero attached hydrogens (tertiary/aromatic N) is 2. The highest BCUT2D eigenvalue weighted by Crippen LogP contribution is 2.22. The standard InChI is InChI=1S/C18H18N4O3/c1-12-6-4-9-15(20-12)21-18(25)19-10-5-11-22-16(23)13-7-2-3-8-14(13)17(22)24/h2-4,6-9H,5,10-11H2,1H3,(H2,19,20,21,25). The van der Waals surface area contributed by atoms with Gasteiger partial charge in [0.1, 0.15) is 5.82 Å². The molecular formula is C18H18N4O3. The minimum Gasteiger partial charge on any atom is -0.338 e. The number of aryl methyl sites for hydroxylation is 1. The Morgan fingerprint density at radius 1 is 1.04 bits per heavy atom. The van der Waals surface area contributed by atoms with E-state index >= 15 is 0 Å². The molecule has 2 aromatic rings. The predicted octanol–water partition coefficient (Wildman–Crippen LogP) is 2.20. The van der Waals surface area contributed by atoms with E-state index in [0.29, 0.717) is 29.9 Å². The Bertz CT molecular complexity index is 800. The predicted molar refractivity (Wildman–Crippen MR) is 92.4 cm³/mol. The summed E-state index contributed by atoms with van der Waals surface area (Å²) in [4.78, 5) is 41.6. The molecule has 128 valence electrons. The van der Waals surface area contributed by atoms with E-state index in [-0.39, 0.29) is 24.4 Å². The smallest absolute Gasteiger partial charge is 0.320 e. The molecule has 25 heavy (non-hydrogen) atoms. The maximum atomic E-state index is 12.2. The van der Waals surface area contributed by atoms with E-state index in [9.17, 15) is 14.4 Å². The van der Waals surface area contributed by atoms with E-state index in [1.54, 1.807) is 36.4 Å². The summed E-state index contributed by atoms with van der Waals surface area (Å²) < 4.78 is 0. The monoisotopic (exact) mass is 338 g/mol. The molecule has 0 spiro atoms. The third-order valence-electron chi connectivity index (χ3n) is 3.85. The molecule has 2 N–H and O–H groups in total. The van der Waals surface area contributed by atoms with Crippen LogP contribution >= 0.6 is 0 Å². The van der Waals surface area contributed by atoms with Gasteiger partial charge in [0.05, 0.1) is 11.1 Å². The third kappa shape index (κ3) is 3.65. The molecule has 0 saturated carbocycles. The fraction of sp³-hybridized carbons (Fsp3) is 0.222. The fourth-order valence-corrected chi connectivity index (χ4v) is 2.65. The highest BCUT2D eigenvalue weighted by atomic mass is 16.2. The summed E-state index contributed by atoms with van der Waals surface area (Å²) in [6, 6.07) is 11.7. The number of hydrogen-bond acceptors (Lipinski definition) is 4. The maximum absolute atomic E-state index is 12.2. The van der Waals surface area contributed by atoms with Gasteiger partial charge in [-0.2, -0.15) is 0 Å². The lowest BCUT2D eigenvalue weighted by molar-refractivity contribution is 0.0653. The van der Waals surface area contributed by atoms with Crippen molar-refractivity contribution in [1.29, 1.82) is 0 Å². The zero-order valence-corrected chi connectivity index (χ0v) is 13.8. The molecule has 0 radical (unpaired) electrons. The quantitative estimate of drug-likeness (QED) is 0.646. The summed E-state index contributed by atoms with van der Waals surface area (Å²) in [6.45, 7) is 2.44. The Balaban J connectivity index is 1.45. The van der Waals surface area contributed by atoms with Crippen LogP contribution in [-0.2, 0) is 0 Å². The number of amides is 4. The van der Waals surface area contributed by atoms with E-state index in [4.69, 9.17) is 0 Å². The van der Waals surface area contributed by atoms with Gasteiger partial charge in [-0.05, 0) is 37.6 Å². The van der Waals surface area contributed by atoms with Crippen LogP contribution in [0.4, 0.5) is 10.6 Å². The summed E-state index contributed by atoms with van der Waals surface area (Å²) >= 11 is 0. The summed E-state index contributed by atoms with van der Waals surface area (Å²) in [7, 11) is 0. The molecule has 0 aliphatic carbocycles. The minimum absolute atomic E-state index is 0.259. The number of anilines is 1. The molecule has 2 heterocycles. The van der Waals surface area contributed by atoms with E-state index in [0.717, 1.165) is 5.69 Å². The van der Waals surface area contributed by atoms with Crippen LogP contribution in [-0.4, -0.2) is 40.8 Å². The summed E-state index contributed by atoms with van der Waals surface area (Å²) in [5.41, 5.74) is 1.68. The zero-order valence-electron chi connectivity index (χ0n) is 13.8. The highest BCUT2D eigenvalue weighted by Gasteiger charge is 2.34. The largest absolute Gasteiger partial charge is 0.338 e. The molecule has 7 nitrogen and oxygen atoms in total. The number of nitrogens with one attached hydrogen (secondary N) is 2. The van der Waals surface area contributed by atoms with E-state index in [1.807, 2.05) is 13.0 Å². The van der Waals surface area contributed by atoms with Crippen LogP contribution in [0.25, 0.3) is 0 Å². The summed E-state index contributed by atoms with van der Waals surface area (Å²) in [5.74, 6) is -0.0964. The summed E-state index contributed by atoms with van der Waals surface area (Å²) in [6.07, 6.45) is 0.472. The molecule has 0 atom stereocenters. The Morgan fingerprint density at radius 3 is 2.36 bits per heavy atom. The number of rotatable bonds is 5. The van der Waals surface area contributed by atoms with Gasteiger partial charge >= 0.3 is 6.03 Å². The number of carbonyl (C=O) groups excluding carboxylic acids is 3. The second kappa shape index (κ2) is 7.12. The SMILES string of the molecule is Cc1cccc(NC(=O)NCCCN2C(=O)c3ccccc3C2=O)n1. The molecule has 0 unspecified atom stereocenters. The molecule has 3 rings (SSSR count). The molecule has 1 aliphatic rings. The zero-order chi connectivity index (χ0) is 17.8. The van der Waals surface area contributed by atoms with E-state index < -0.39 is 0 Å². The Labute approximate surface area is 145 Å². The van der Waals surface area contributed by atoms with Gasteiger partial charge in [0.15, 0.2) is 0 Å². The van der Waals surface area contributed by atoms with Crippen LogP contribution in [0.3, 0.4) is 0 Å². The van der Waals surface area contributed by atoms with Gasteiger partial charge < -0.3 is 5.32 Å². The fourth-order valence-electron chi connectivity index (χ4n) is 2.65. The van der Waals surface area contributed by atoms with Crippen LogP contribution in [0.1, 0.15) is 32.8 Å². The lowest BCUT2D eigenvalue weighted by Gasteiger charge is -2.14. The third-order valence-corrected chi connectivity index (χ3v) is 3.85. The van der Waals surface area contributed by atoms with Gasteiger partial charge in [-0.25, -0.2) is 9.78 Å². The number of fused-ring (bicyclic) bond motifs is 1. The van der Waals surface area contributed by atoms with Gasteiger partial charge in [0, 0.05) is 18.8 Å². The van der Waals surface area contributed by atoms with E-state index in [1.165, 1.54) is 4.90 Å². The average Bonchev–Trinajstić information content (AvgIpc) is 2.84. The van der Waals surface area contributed by atoms with Gasteiger partial charge in [-0.15, -0.1) is 0 Å². The lowest BCUT2D eigenvalue weighted by Crippen LogP contribution is -2.35. The molecule has 0 saturated heterocycles. The van der Waals surface area contributed by atoms with Crippen LogP contribution in [0.5, 0.6) is 0 Å². The number of imide groups is 1. The van der Waals surface area contributed by atoms with Crippen molar-refractivity contribution in [1.82, 2.24) is 15.2 Å². The van der Waals surface area contributed by atoms with Crippen molar-refractivity contribution >= 4 is 23.7 Å². The van der Waals surface area contributed by atoms with Crippen molar-refractivity contribution in [3.8, 4) is 0 Å². The van der Waals surface area contributed by atoms with Crippen molar-refractivity contribution in [2.45, 2.75) is 13.3 Å². The molecule has 1 aliphatic heterocycles. The van der Waals surface area contributed by atoms with E-state index in [2.05, 4.69) is 15.6 Å². The van der Waals surface area contributed by atoms with Crippen molar-refractivity contribution in [3.05, 3.63) is 59.3 Å². The van der Waals surface area contributed by atoms with Crippen LogP contribution in [0.2, 0.25) is 0 Å². The summed E-state index contributed by atoms with van der Waals surface area (Å²) in [5, 5.41) is 5.32. The van der Waals surface area contributed by atoms with Gasteiger partial charge in [0.2, 0.25) is 0 Å². The van der Waals surface area contributed by atoms with Gasteiger partial charge in [-0.1, -0.05) is 18.2 Å². The topological polar surface area (TPSA) is 91.4 Å². The molecule has 4 amide bonds. The van der Waals surface area contributed by atoms with Crippen LogP contribution in [0, 0.1) is 6.92 Å². The molecular weight excluding hydrogens is 320 g/mol. The normalized spacial score (nSPS) is 12.9. The first-order chi connectivity index (χ1) is 12.1.